The number of aryl methyl sites for hydroxylation is 1. The Morgan fingerprint density at radius 3 is 2.60 bits per heavy atom. The number of anilines is 3. The van der Waals surface area contributed by atoms with Crippen molar-refractivity contribution in [3.63, 3.8) is 0 Å². The largest absolute Gasteiger partial charge is 0.394 e. The molecule has 0 fully saturated rings. The van der Waals surface area contributed by atoms with Crippen molar-refractivity contribution in [2.75, 3.05) is 17.2 Å². The van der Waals surface area contributed by atoms with Crippen LogP contribution in [0, 0.1) is 0 Å². The van der Waals surface area contributed by atoms with Crippen molar-refractivity contribution in [2.45, 2.75) is 32.9 Å². The van der Waals surface area contributed by atoms with Crippen molar-refractivity contribution in [3.8, 4) is 0 Å². The summed E-state index contributed by atoms with van der Waals surface area (Å²) in [7, 11) is 0. The molecule has 0 aliphatic rings. The third-order valence-electron chi connectivity index (χ3n) is 3.82. The fourth-order valence-electron chi connectivity index (χ4n) is 2.35. The van der Waals surface area contributed by atoms with Crippen molar-refractivity contribution < 1.29 is 5.11 Å². The zero-order valence-electron chi connectivity index (χ0n) is 14.1. The summed E-state index contributed by atoms with van der Waals surface area (Å²) in [6.45, 7) is 4.60. The fraction of sp³-hybridized carbons (Fsp3) is 0.375. The van der Waals surface area contributed by atoms with Gasteiger partial charge in [0.05, 0.1) is 12.6 Å². The van der Waals surface area contributed by atoms with E-state index < -0.39 is 0 Å². The first-order valence-corrected chi connectivity index (χ1v) is 8.53. The highest BCUT2D eigenvalue weighted by molar-refractivity contribution is 6.30. The first-order valence-electron chi connectivity index (χ1n) is 8.15. The van der Waals surface area contributed by atoms with Gasteiger partial charge in [0.15, 0.2) is 17.0 Å². The molecule has 1 unspecified atom stereocenters. The molecule has 8 nitrogen and oxygen atoms in total. The highest BCUT2D eigenvalue weighted by Gasteiger charge is 2.16. The molecular formula is C16H20ClN7O. The molecule has 0 saturated carbocycles. The second kappa shape index (κ2) is 7.62. The maximum Gasteiger partial charge on any atom is 0.227 e. The highest BCUT2D eigenvalue weighted by Crippen LogP contribution is 2.24. The molecule has 2 heterocycles. The molecule has 0 spiro atoms. The van der Waals surface area contributed by atoms with E-state index in [0.29, 0.717) is 34.5 Å². The van der Waals surface area contributed by atoms with Crippen LogP contribution in [0.15, 0.2) is 24.3 Å². The van der Waals surface area contributed by atoms with E-state index in [-0.39, 0.29) is 12.6 Å². The van der Waals surface area contributed by atoms with Gasteiger partial charge in [0, 0.05) is 17.3 Å². The van der Waals surface area contributed by atoms with E-state index in [4.69, 9.17) is 11.6 Å². The molecule has 1 atom stereocenters. The average molecular weight is 362 g/mol. The first kappa shape index (κ1) is 17.4. The number of nitrogens with one attached hydrogen (secondary N) is 2. The van der Waals surface area contributed by atoms with E-state index >= 15 is 0 Å². The molecule has 0 saturated heterocycles. The van der Waals surface area contributed by atoms with Gasteiger partial charge >= 0.3 is 0 Å². The molecule has 0 aliphatic carbocycles. The maximum absolute atomic E-state index is 9.42. The minimum absolute atomic E-state index is 0.00311. The monoisotopic (exact) mass is 361 g/mol. The fourth-order valence-corrected chi connectivity index (χ4v) is 2.48. The zero-order chi connectivity index (χ0) is 17.8. The van der Waals surface area contributed by atoms with Crippen LogP contribution in [0.5, 0.6) is 0 Å². The molecular weight excluding hydrogens is 342 g/mol. The summed E-state index contributed by atoms with van der Waals surface area (Å²) in [6, 6.07) is 7.19. The molecule has 0 aliphatic heterocycles. The van der Waals surface area contributed by atoms with E-state index in [9.17, 15) is 5.11 Å². The number of hydrogen-bond acceptors (Lipinski definition) is 7. The van der Waals surface area contributed by atoms with Crippen LogP contribution >= 0.6 is 11.6 Å². The normalized spacial score (nSPS) is 12.3. The van der Waals surface area contributed by atoms with Gasteiger partial charge in [-0.2, -0.15) is 9.97 Å². The minimum Gasteiger partial charge on any atom is -0.394 e. The Labute approximate surface area is 150 Å². The van der Waals surface area contributed by atoms with E-state index in [1.807, 2.05) is 26.0 Å². The molecule has 0 amide bonds. The van der Waals surface area contributed by atoms with Gasteiger partial charge in [-0.3, -0.25) is 0 Å². The van der Waals surface area contributed by atoms with Crippen LogP contribution in [0.1, 0.15) is 20.3 Å². The van der Waals surface area contributed by atoms with Crippen molar-refractivity contribution >= 4 is 40.2 Å². The molecule has 25 heavy (non-hydrogen) atoms. The topological polar surface area (TPSA) is 101 Å². The Bertz CT molecular complexity index is 846. The summed E-state index contributed by atoms with van der Waals surface area (Å²) in [6.07, 6.45) is 0.753. The molecule has 132 valence electrons. The maximum atomic E-state index is 9.42. The summed E-state index contributed by atoms with van der Waals surface area (Å²) in [5.41, 5.74) is 2.04. The Hall–Kier alpha value is -2.45. The molecule has 3 aromatic rings. The number of rotatable bonds is 7. The highest BCUT2D eigenvalue weighted by atomic mass is 35.5. The van der Waals surface area contributed by atoms with Crippen LogP contribution in [-0.2, 0) is 6.54 Å². The number of nitrogens with zero attached hydrogens (tertiary/aromatic N) is 5. The molecule has 3 N–H and O–H groups in total. The summed E-state index contributed by atoms with van der Waals surface area (Å²) < 4.78 is 1.70. The number of benzene rings is 1. The van der Waals surface area contributed by atoms with Crippen molar-refractivity contribution in [2.24, 2.45) is 0 Å². The predicted molar refractivity (Wildman–Crippen MR) is 98.3 cm³/mol. The summed E-state index contributed by atoms with van der Waals surface area (Å²) in [5.74, 6) is 0.962. The lowest BCUT2D eigenvalue weighted by Crippen LogP contribution is -2.24. The molecule has 0 radical (unpaired) electrons. The molecule has 1 aromatic carbocycles. The standard InChI is InChI=1S/C16H20ClN7O/c1-3-11(9-25)19-16-20-14(18-12-7-5-10(17)6-8-12)13-15(21-16)24(4-2)23-22-13/h5-8,11,25H,3-4,9H2,1-2H3,(H2,18,19,20,21). The summed E-state index contributed by atoms with van der Waals surface area (Å²) in [5, 5.41) is 24.8. The predicted octanol–water partition coefficient (Wildman–Crippen LogP) is 2.82. The van der Waals surface area contributed by atoms with E-state index in [1.54, 1.807) is 16.8 Å². The number of fused-ring (bicyclic) bond motifs is 1. The lowest BCUT2D eigenvalue weighted by molar-refractivity contribution is 0.271. The van der Waals surface area contributed by atoms with Gasteiger partial charge in [-0.25, -0.2) is 4.68 Å². The number of aliphatic hydroxyl groups is 1. The Morgan fingerprint density at radius 1 is 1.20 bits per heavy atom. The number of hydrogen-bond donors (Lipinski definition) is 3. The smallest absolute Gasteiger partial charge is 0.227 e. The van der Waals surface area contributed by atoms with Crippen molar-refractivity contribution in [1.82, 2.24) is 25.0 Å². The second-order valence-corrected chi connectivity index (χ2v) is 5.97. The van der Waals surface area contributed by atoms with Crippen LogP contribution in [-0.4, -0.2) is 42.7 Å². The van der Waals surface area contributed by atoms with Gasteiger partial charge in [-0.1, -0.05) is 23.7 Å². The summed E-state index contributed by atoms with van der Waals surface area (Å²) in [4.78, 5) is 9.01. The van der Waals surface area contributed by atoms with Gasteiger partial charge in [0.2, 0.25) is 5.95 Å². The molecule has 0 bridgehead atoms. The van der Waals surface area contributed by atoms with Gasteiger partial charge in [0.1, 0.15) is 0 Å². The van der Waals surface area contributed by atoms with Crippen molar-refractivity contribution in [1.29, 1.82) is 0 Å². The van der Waals surface area contributed by atoms with Crippen LogP contribution in [0.25, 0.3) is 11.2 Å². The second-order valence-electron chi connectivity index (χ2n) is 5.54. The van der Waals surface area contributed by atoms with Gasteiger partial charge in [-0.05, 0) is 37.6 Å². The molecule has 2 aromatic heterocycles. The lowest BCUT2D eigenvalue weighted by atomic mass is 10.2. The van der Waals surface area contributed by atoms with E-state index in [1.165, 1.54) is 0 Å². The van der Waals surface area contributed by atoms with Gasteiger partial charge in [0.25, 0.3) is 0 Å². The Balaban J connectivity index is 2.02. The average Bonchev–Trinajstić information content (AvgIpc) is 3.05. The summed E-state index contributed by atoms with van der Waals surface area (Å²) >= 11 is 5.93. The Morgan fingerprint density at radius 2 is 1.96 bits per heavy atom. The molecule has 9 heteroatoms. The van der Waals surface area contributed by atoms with Crippen LogP contribution in [0.2, 0.25) is 5.02 Å². The SMILES string of the molecule is CCC(CO)Nc1nc(Nc2ccc(Cl)cc2)c2nnn(CC)c2n1. The quantitative estimate of drug-likeness (QED) is 0.594. The van der Waals surface area contributed by atoms with Crippen molar-refractivity contribution in [3.05, 3.63) is 29.3 Å². The minimum atomic E-state index is -0.119. The lowest BCUT2D eigenvalue weighted by Gasteiger charge is -2.15. The third-order valence-corrected chi connectivity index (χ3v) is 4.07. The number of aliphatic hydroxyl groups excluding tert-OH is 1. The van der Waals surface area contributed by atoms with Gasteiger partial charge in [-0.15, -0.1) is 5.10 Å². The van der Waals surface area contributed by atoms with E-state index in [2.05, 4.69) is 30.9 Å². The first-order chi connectivity index (χ1) is 12.1. The van der Waals surface area contributed by atoms with E-state index in [0.717, 1.165) is 12.1 Å². The Kier molecular flexibility index (Phi) is 5.30. The van der Waals surface area contributed by atoms with Gasteiger partial charge < -0.3 is 15.7 Å². The number of aromatic nitrogens is 5. The zero-order valence-corrected chi connectivity index (χ0v) is 14.8. The van der Waals surface area contributed by atoms with Crippen LogP contribution < -0.4 is 10.6 Å². The molecule has 3 rings (SSSR count). The van der Waals surface area contributed by atoms with Crippen LogP contribution in [0.4, 0.5) is 17.5 Å². The van der Waals surface area contributed by atoms with Crippen LogP contribution in [0.3, 0.4) is 0 Å². The number of halogens is 1. The third kappa shape index (κ3) is 3.80.